The summed E-state index contributed by atoms with van der Waals surface area (Å²) in [5, 5.41) is 48.1. The van der Waals surface area contributed by atoms with E-state index in [4.69, 9.17) is 47.4 Å². The fourth-order valence-corrected chi connectivity index (χ4v) is 12.4. The highest BCUT2D eigenvalue weighted by Gasteiger charge is 2.55. The first-order chi connectivity index (χ1) is 37.4. The first-order valence-electron chi connectivity index (χ1n) is 28.2. The summed E-state index contributed by atoms with van der Waals surface area (Å²) in [5.41, 5.74) is -4.04. The van der Waals surface area contributed by atoms with Crippen LogP contribution in [0.3, 0.4) is 0 Å². The molecular formula is C58H91N3O19. The molecule has 6 rings (SSSR count). The number of methoxy groups -OCH3 is 2. The standard InChI is InChI=1S/C58H91N3O19/c1-17-41-58(12,70)48(65)32(4)44(62)30(2)26-56(10,71-15)49(79-53-46(64)40(60(13)14)23-31(3)75-53)33(5)47(34(6)52(68)77-41)78-42-27-57(11,72-16)50(35(7)76-42)80-54(69)59-20-22-73-21-18-19-36-24-37-29-74-55(8,9)61-28-39(51(66)67)45(63)38(25-36)43(37)61/h24-25,28,30-35,40-42,46-50,53,64-65,70H,17-23,26-27,29H2,1-16H3,(H,59,69)(H,66,67)/t30-,31-,32+,33+,34-,35+,40+,41-,42+,46-,47+,48-,49-,50+,53?,56-,57-,58-/m1/s1. The van der Waals surface area contributed by atoms with E-state index >= 15 is 0 Å². The van der Waals surface area contributed by atoms with Crippen LogP contribution in [0.2, 0.25) is 0 Å². The minimum Gasteiger partial charge on any atom is -0.477 e. The van der Waals surface area contributed by atoms with Crippen molar-refractivity contribution < 1.29 is 87.0 Å². The summed E-state index contributed by atoms with van der Waals surface area (Å²) >= 11 is 0. The van der Waals surface area contributed by atoms with Crippen LogP contribution in [0, 0.1) is 23.7 Å². The molecule has 3 fully saturated rings. The number of esters is 1. The summed E-state index contributed by atoms with van der Waals surface area (Å²) in [6.07, 6.45) is -8.18. The van der Waals surface area contributed by atoms with Gasteiger partial charge >= 0.3 is 18.0 Å². The Hall–Kier alpha value is -4.17. The van der Waals surface area contributed by atoms with E-state index in [1.54, 1.807) is 52.2 Å². The average molecular weight is 1130 g/mol. The number of aliphatic hydroxyl groups is 3. The number of hydrogen-bond acceptors (Lipinski definition) is 19. The Labute approximate surface area is 470 Å². The van der Waals surface area contributed by atoms with Crippen LogP contribution < -0.4 is 10.7 Å². The molecule has 1 amide bonds. The lowest BCUT2D eigenvalue weighted by Gasteiger charge is -2.50. The molecule has 2 aromatic rings. The number of rotatable bonds is 17. The molecule has 0 aliphatic carbocycles. The van der Waals surface area contributed by atoms with Gasteiger partial charge in [0.05, 0.1) is 60.8 Å². The molecular weight excluding hydrogens is 1040 g/mol. The third-order valence-electron chi connectivity index (χ3n) is 17.4. The highest BCUT2D eigenvalue weighted by atomic mass is 16.7. The number of Topliss-reactive ketones (excluding diaryl/α,β-unsaturated/α-hetero) is 1. The van der Waals surface area contributed by atoms with Gasteiger partial charge in [-0.05, 0) is 113 Å². The minimum atomic E-state index is -2.04. The molecule has 80 heavy (non-hydrogen) atoms. The molecule has 0 spiro atoms. The second kappa shape index (κ2) is 26.2. The number of carbonyl (C=O) groups is 4. The van der Waals surface area contributed by atoms with Gasteiger partial charge in [-0.3, -0.25) is 14.4 Å². The van der Waals surface area contributed by atoms with E-state index in [2.05, 4.69) is 5.32 Å². The van der Waals surface area contributed by atoms with Gasteiger partial charge in [0.1, 0.15) is 40.5 Å². The van der Waals surface area contributed by atoms with Crippen LogP contribution in [-0.2, 0) is 75.7 Å². The Kier molecular flexibility index (Phi) is 21.3. The molecule has 18 atom stereocenters. The Bertz CT molecular complexity index is 2550. The molecule has 1 aromatic carbocycles. The van der Waals surface area contributed by atoms with Crippen molar-refractivity contribution in [3.63, 3.8) is 0 Å². The van der Waals surface area contributed by atoms with Crippen LogP contribution in [0.25, 0.3) is 10.9 Å². The fourth-order valence-electron chi connectivity index (χ4n) is 12.4. The first kappa shape index (κ1) is 65.0. The van der Waals surface area contributed by atoms with Crippen LogP contribution in [0.15, 0.2) is 23.1 Å². The van der Waals surface area contributed by atoms with Gasteiger partial charge in [-0.1, -0.05) is 33.8 Å². The number of carboxylic acids is 1. The lowest BCUT2D eigenvalue weighted by atomic mass is 9.74. The SMILES string of the molecule is CC[C@H]1OC(=O)[C@H](C)[C@@H](O[C@H]2C[C@@](C)(OC)[C@@H](OC(=O)NCCOCCCc3cc4c5c(c3)c(=O)c(C(=O)O)cn5C(C)(C)OC4)[C@H](C)O2)[C@H](C)[C@@H](OC2O[C@H](C)C[C@H](N(C)C)[C@H]2O)[C@](C)(OC)C[C@@H](C)C(=O)[C@H](C)[C@@H](O)[C@]1(C)O. The first-order valence-corrected chi connectivity index (χ1v) is 28.2. The lowest BCUT2D eigenvalue weighted by molar-refractivity contribution is -0.319. The van der Waals surface area contributed by atoms with Crippen LogP contribution in [0.1, 0.15) is 137 Å². The maximum absolute atomic E-state index is 14.6. The van der Waals surface area contributed by atoms with Gasteiger partial charge < -0.3 is 82.6 Å². The van der Waals surface area contributed by atoms with Crippen LogP contribution in [0.4, 0.5) is 4.79 Å². The Morgan fingerprint density at radius 1 is 0.887 bits per heavy atom. The molecule has 452 valence electrons. The van der Waals surface area contributed by atoms with Gasteiger partial charge in [0, 0.05) is 74.7 Å². The fraction of sp³-hybridized carbons (Fsp3) is 0.776. The molecule has 4 aliphatic heterocycles. The number of aliphatic hydroxyl groups excluding tert-OH is 2. The number of ketones is 1. The summed E-state index contributed by atoms with van der Waals surface area (Å²) in [7, 11) is 6.68. The largest absolute Gasteiger partial charge is 0.477 e. The van der Waals surface area contributed by atoms with E-state index in [1.807, 2.05) is 52.8 Å². The van der Waals surface area contributed by atoms with Crippen molar-refractivity contribution in [2.75, 3.05) is 48.1 Å². The van der Waals surface area contributed by atoms with Gasteiger partial charge in [0.2, 0.25) is 5.43 Å². The number of carbonyl (C=O) groups excluding carboxylic acids is 3. The molecule has 1 aromatic heterocycles. The number of nitrogens with one attached hydrogen (secondary N) is 1. The zero-order chi connectivity index (χ0) is 59.6. The minimum absolute atomic E-state index is 0.00189. The van der Waals surface area contributed by atoms with E-state index in [0.29, 0.717) is 36.8 Å². The number of carboxylic acid groups (broad SMARTS) is 1. The molecule has 1 unspecified atom stereocenters. The van der Waals surface area contributed by atoms with Crippen LogP contribution in [-0.4, -0.2) is 186 Å². The van der Waals surface area contributed by atoms with Crippen LogP contribution >= 0.6 is 0 Å². The molecule has 0 saturated carbocycles. The lowest BCUT2D eigenvalue weighted by Crippen LogP contribution is -2.62. The van der Waals surface area contributed by atoms with Crippen molar-refractivity contribution >= 4 is 34.7 Å². The number of nitrogens with zero attached hydrogens (tertiary/aromatic N) is 2. The zero-order valence-corrected chi connectivity index (χ0v) is 49.8. The second-order valence-corrected chi connectivity index (χ2v) is 24.1. The predicted molar refractivity (Wildman–Crippen MR) is 292 cm³/mol. The van der Waals surface area contributed by atoms with Gasteiger partial charge in [-0.15, -0.1) is 0 Å². The second-order valence-electron chi connectivity index (χ2n) is 24.1. The Morgan fingerprint density at radius 3 is 2.17 bits per heavy atom. The summed E-state index contributed by atoms with van der Waals surface area (Å²) in [6.45, 7) is 21.3. The number of cyclic esters (lactones) is 1. The molecule has 4 aliphatic rings. The molecule has 5 N–H and O–H groups in total. The van der Waals surface area contributed by atoms with E-state index in [0.717, 1.165) is 11.1 Å². The Morgan fingerprint density at radius 2 is 1.55 bits per heavy atom. The number of benzene rings is 1. The topological polar surface area (TPSA) is 279 Å². The monoisotopic (exact) mass is 1130 g/mol. The number of amides is 1. The number of pyridine rings is 1. The number of alkyl carbamates (subject to hydrolysis) is 1. The van der Waals surface area contributed by atoms with E-state index in [1.165, 1.54) is 34.3 Å². The summed E-state index contributed by atoms with van der Waals surface area (Å²) in [6, 6.07) is 3.35. The molecule has 22 heteroatoms. The smallest absolute Gasteiger partial charge is 0.407 e. The summed E-state index contributed by atoms with van der Waals surface area (Å²) < 4.78 is 64.7. The van der Waals surface area contributed by atoms with Crippen molar-refractivity contribution in [2.45, 2.75) is 218 Å². The third-order valence-corrected chi connectivity index (χ3v) is 17.4. The van der Waals surface area contributed by atoms with Gasteiger partial charge in [0.25, 0.3) is 0 Å². The quantitative estimate of drug-likeness (QED) is 0.102. The maximum Gasteiger partial charge on any atom is 0.407 e. The zero-order valence-electron chi connectivity index (χ0n) is 49.8. The Balaban J connectivity index is 1.16. The number of aryl methyl sites for hydroxylation is 1. The number of aromatic carboxylic acids is 1. The summed E-state index contributed by atoms with van der Waals surface area (Å²) in [5.74, 6) is -6.21. The number of hydrogen-bond donors (Lipinski definition) is 5. The van der Waals surface area contributed by atoms with Crippen molar-refractivity contribution in [1.29, 1.82) is 0 Å². The van der Waals surface area contributed by atoms with E-state index in [-0.39, 0.29) is 62.5 Å². The average Bonchev–Trinajstić information content (AvgIpc) is 3.61. The van der Waals surface area contributed by atoms with Crippen molar-refractivity contribution in [3.8, 4) is 0 Å². The van der Waals surface area contributed by atoms with Crippen molar-refractivity contribution in [2.24, 2.45) is 23.7 Å². The summed E-state index contributed by atoms with van der Waals surface area (Å²) in [4.78, 5) is 69.4. The molecule has 5 heterocycles. The van der Waals surface area contributed by atoms with Crippen LogP contribution in [0.5, 0.6) is 0 Å². The van der Waals surface area contributed by atoms with E-state index in [9.17, 15) is 44.4 Å². The van der Waals surface area contributed by atoms with Gasteiger partial charge in [0.15, 0.2) is 18.7 Å². The molecule has 0 radical (unpaired) electrons. The number of ether oxygens (including phenoxy) is 10. The molecule has 3 saturated heterocycles. The molecule has 22 nitrogen and oxygen atoms in total. The maximum atomic E-state index is 14.6. The predicted octanol–water partition coefficient (Wildman–Crippen LogP) is 5.06. The van der Waals surface area contributed by atoms with Gasteiger partial charge in [-0.2, -0.15) is 0 Å². The number of aromatic nitrogens is 1. The van der Waals surface area contributed by atoms with E-state index < -0.39 is 125 Å². The highest BCUT2D eigenvalue weighted by molar-refractivity contribution is 5.94. The molecule has 0 bridgehead atoms. The number of likely N-dealkylation sites (N-methyl/N-ethyl adjacent to an activating group) is 1. The highest BCUT2D eigenvalue weighted by Crippen LogP contribution is 2.43. The van der Waals surface area contributed by atoms with Crippen molar-refractivity contribution in [1.82, 2.24) is 14.8 Å². The van der Waals surface area contributed by atoms with Crippen molar-refractivity contribution in [3.05, 3.63) is 45.2 Å². The van der Waals surface area contributed by atoms with Gasteiger partial charge in [-0.25, -0.2) is 9.59 Å². The third kappa shape index (κ3) is 13.9. The normalized spacial score (nSPS) is 37.2.